The summed E-state index contributed by atoms with van der Waals surface area (Å²) in [5.41, 5.74) is -0.560. The molecule has 1 aliphatic heterocycles. The first-order chi connectivity index (χ1) is 8.59. The number of hydrogen-bond donors (Lipinski definition) is 1. The highest BCUT2D eigenvalue weighted by Gasteiger charge is 2.43. The smallest absolute Gasteiger partial charge is 0.327 e. The van der Waals surface area contributed by atoms with Gasteiger partial charge in [0, 0.05) is 19.1 Å². The summed E-state index contributed by atoms with van der Waals surface area (Å²) in [4.78, 5) is 14.5. The molecule has 18 heavy (non-hydrogen) atoms. The average Bonchev–Trinajstić information content (AvgIpc) is 2.97. The third-order valence-corrected chi connectivity index (χ3v) is 4.44. The maximum absolute atomic E-state index is 12.0. The van der Waals surface area contributed by atoms with Gasteiger partial charge in [0.05, 0.1) is 7.11 Å². The van der Waals surface area contributed by atoms with Crippen LogP contribution in [0.2, 0.25) is 0 Å². The van der Waals surface area contributed by atoms with E-state index in [0.717, 1.165) is 32.0 Å². The monoisotopic (exact) mass is 254 g/mol. The molecule has 3 atom stereocenters. The van der Waals surface area contributed by atoms with Gasteiger partial charge in [0.1, 0.15) is 5.54 Å². The van der Waals surface area contributed by atoms with Gasteiger partial charge in [-0.05, 0) is 45.1 Å². The molecule has 1 N–H and O–H groups in total. The molecule has 0 aromatic heterocycles. The van der Waals surface area contributed by atoms with Crippen LogP contribution in [0.25, 0.3) is 0 Å². The molecule has 0 amide bonds. The van der Waals surface area contributed by atoms with Gasteiger partial charge in [-0.3, -0.25) is 9.69 Å². The fourth-order valence-corrected chi connectivity index (χ4v) is 3.45. The lowest BCUT2D eigenvalue weighted by Gasteiger charge is -2.36. The Hall–Kier alpha value is -0.610. The number of piperidine rings is 1. The summed E-state index contributed by atoms with van der Waals surface area (Å²) in [6, 6.07) is 0.697. The van der Waals surface area contributed by atoms with Gasteiger partial charge in [0.15, 0.2) is 0 Å². The predicted octanol–water partition coefficient (Wildman–Crippen LogP) is 1.40. The van der Waals surface area contributed by atoms with Crippen LogP contribution in [-0.4, -0.2) is 49.2 Å². The van der Waals surface area contributed by atoms with Crippen LogP contribution in [0.1, 0.15) is 39.5 Å². The van der Waals surface area contributed by atoms with E-state index in [1.54, 1.807) is 0 Å². The molecule has 2 fully saturated rings. The van der Waals surface area contributed by atoms with Crippen molar-refractivity contribution < 1.29 is 9.53 Å². The van der Waals surface area contributed by atoms with E-state index in [1.165, 1.54) is 26.4 Å². The third kappa shape index (κ3) is 2.69. The number of rotatable bonds is 6. The Labute approximate surface area is 110 Å². The number of carbonyl (C=O) groups is 1. The predicted molar refractivity (Wildman–Crippen MR) is 71.4 cm³/mol. The minimum atomic E-state index is -0.560. The van der Waals surface area contributed by atoms with Crippen molar-refractivity contribution in [3.8, 4) is 0 Å². The lowest BCUT2D eigenvalue weighted by Crippen LogP contribution is -2.58. The largest absolute Gasteiger partial charge is 0.468 e. The fourth-order valence-electron chi connectivity index (χ4n) is 3.45. The second kappa shape index (κ2) is 5.57. The molecule has 0 spiro atoms. The summed E-state index contributed by atoms with van der Waals surface area (Å²) in [6.45, 7) is 6.88. The maximum atomic E-state index is 12.0. The van der Waals surface area contributed by atoms with E-state index in [4.69, 9.17) is 4.74 Å². The molecule has 3 unspecified atom stereocenters. The van der Waals surface area contributed by atoms with Gasteiger partial charge >= 0.3 is 5.97 Å². The lowest BCUT2D eigenvalue weighted by molar-refractivity contribution is -0.149. The molecule has 1 saturated heterocycles. The molecule has 2 aliphatic rings. The summed E-state index contributed by atoms with van der Waals surface area (Å²) in [5.74, 6) is 0.724. The summed E-state index contributed by atoms with van der Waals surface area (Å²) in [7, 11) is 1.48. The number of esters is 1. The Balaban J connectivity index is 1.98. The summed E-state index contributed by atoms with van der Waals surface area (Å²) in [5, 5.41) is 3.37. The van der Waals surface area contributed by atoms with Crippen LogP contribution >= 0.6 is 0 Å². The van der Waals surface area contributed by atoms with Gasteiger partial charge in [-0.2, -0.15) is 0 Å². The van der Waals surface area contributed by atoms with Crippen molar-refractivity contribution in [3.63, 3.8) is 0 Å². The highest BCUT2D eigenvalue weighted by Crippen LogP contribution is 2.37. The molecule has 1 heterocycles. The van der Waals surface area contributed by atoms with Crippen molar-refractivity contribution in [3.05, 3.63) is 0 Å². The number of hydrogen-bond acceptors (Lipinski definition) is 4. The van der Waals surface area contributed by atoms with Crippen LogP contribution in [0.15, 0.2) is 0 Å². The highest BCUT2D eigenvalue weighted by molar-refractivity contribution is 5.80. The molecule has 4 heteroatoms. The normalized spacial score (nSPS) is 30.4. The molecule has 0 aromatic rings. The Bertz CT molecular complexity index is 308. The van der Waals surface area contributed by atoms with Crippen molar-refractivity contribution >= 4 is 5.97 Å². The Morgan fingerprint density at radius 3 is 2.78 bits per heavy atom. The Morgan fingerprint density at radius 1 is 1.50 bits per heavy atom. The molecule has 2 bridgehead atoms. The van der Waals surface area contributed by atoms with Crippen LogP contribution in [0.3, 0.4) is 0 Å². The van der Waals surface area contributed by atoms with Crippen LogP contribution in [-0.2, 0) is 9.53 Å². The second-order valence-electron chi connectivity index (χ2n) is 6.01. The number of methoxy groups -OCH3 is 1. The van der Waals surface area contributed by atoms with Crippen LogP contribution in [0, 0.1) is 5.92 Å². The molecule has 4 nitrogen and oxygen atoms in total. The Morgan fingerprint density at radius 2 is 2.28 bits per heavy atom. The lowest BCUT2D eigenvalue weighted by atomic mass is 9.99. The van der Waals surface area contributed by atoms with Crippen LogP contribution < -0.4 is 5.32 Å². The number of nitrogens with zero attached hydrogens (tertiary/aromatic N) is 1. The van der Waals surface area contributed by atoms with E-state index >= 15 is 0 Å². The number of likely N-dealkylation sites (tertiary alicyclic amines) is 1. The van der Waals surface area contributed by atoms with Crippen molar-refractivity contribution in [1.29, 1.82) is 0 Å². The molecule has 104 valence electrons. The topological polar surface area (TPSA) is 41.6 Å². The minimum Gasteiger partial charge on any atom is -0.468 e. The quantitative estimate of drug-likeness (QED) is 0.728. The van der Waals surface area contributed by atoms with Gasteiger partial charge < -0.3 is 10.1 Å². The zero-order valence-corrected chi connectivity index (χ0v) is 11.9. The first-order valence-corrected chi connectivity index (χ1v) is 7.16. The zero-order chi connectivity index (χ0) is 13.2. The van der Waals surface area contributed by atoms with Crippen molar-refractivity contribution in [2.24, 2.45) is 5.92 Å². The number of carbonyl (C=O) groups excluding carboxylic acids is 1. The number of fused-ring (bicyclic) bond motifs is 2. The summed E-state index contributed by atoms with van der Waals surface area (Å²) in [6.07, 6.45) is 5.03. The van der Waals surface area contributed by atoms with Crippen LogP contribution in [0.5, 0.6) is 0 Å². The first kappa shape index (κ1) is 13.8. The molecule has 2 rings (SSSR count). The van der Waals surface area contributed by atoms with Crippen LogP contribution in [0.4, 0.5) is 0 Å². The van der Waals surface area contributed by atoms with E-state index in [9.17, 15) is 4.79 Å². The zero-order valence-electron chi connectivity index (χ0n) is 11.9. The minimum absolute atomic E-state index is 0.140. The summed E-state index contributed by atoms with van der Waals surface area (Å²) >= 11 is 0. The SMILES string of the molecule is CCCNC(C)(CN1CC2CCC1C2)C(=O)OC. The van der Waals surface area contributed by atoms with E-state index in [2.05, 4.69) is 17.1 Å². The average molecular weight is 254 g/mol. The van der Waals surface area contributed by atoms with Gasteiger partial charge in [-0.15, -0.1) is 0 Å². The Kier molecular flexibility index (Phi) is 4.28. The van der Waals surface area contributed by atoms with E-state index in [-0.39, 0.29) is 5.97 Å². The molecule has 1 saturated carbocycles. The standard InChI is InChI=1S/C14H26N2O2/c1-4-7-15-14(2,13(17)18-3)10-16-9-11-5-6-12(16)8-11/h11-12,15H,4-10H2,1-3H3. The van der Waals surface area contributed by atoms with Gasteiger partial charge in [-0.1, -0.05) is 6.92 Å². The van der Waals surface area contributed by atoms with Gasteiger partial charge in [-0.25, -0.2) is 0 Å². The van der Waals surface area contributed by atoms with E-state index in [1.807, 2.05) is 6.92 Å². The highest BCUT2D eigenvalue weighted by atomic mass is 16.5. The van der Waals surface area contributed by atoms with Crippen molar-refractivity contribution in [1.82, 2.24) is 10.2 Å². The third-order valence-electron chi connectivity index (χ3n) is 4.44. The first-order valence-electron chi connectivity index (χ1n) is 7.16. The molecule has 1 aliphatic carbocycles. The molecule has 0 radical (unpaired) electrons. The van der Waals surface area contributed by atoms with Gasteiger partial charge in [0.25, 0.3) is 0 Å². The molecular weight excluding hydrogens is 228 g/mol. The maximum Gasteiger partial charge on any atom is 0.327 e. The molecule has 0 aromatic carbocycles. The van der Waals surface area contributed by atoms with Crippen molar-refractivity contribution in [2.75, 3.05) is 26.7 Å². The molecular formula is C14H26N2O2. The van der Waals surface area contributed by atoms with Gasteiger partial charge in [0.2, 0.25) is 0 Å². The van der Waals surface area contributed by atoms with Crippen molar-refractivity contribution in [2.45, 2.75) is 51.1 Å². The fraction of sp³-hybridized carbons (Fsp3) is 0.929. The van der Waals surface area contributed by atoms with E-state index < -0.39 is 5.54 Å². The number of ether oxygens (including phenoxy) is 1. The number of nitrogens with one attached hydrogen (secondary N) is 1. The summed E-state index contributed by atoms with van der Waals surface area (Å²) < 4.78 is 4.97. The van der Waals surface area contributed by atoms with E-state index in [0.29, 0.717) is 6.04 Å². The second-order valence-corrected chi connectivity index (χ2v) is 6.01.